The highest BCUT2D eigenvalue weighted by Gasteiger charge is 2.32. The van der Waals surface area contributed by atoms with Crippen LogP contribution in [0.5, 0.6) is 11.5 Å². The number of nitrogens with zero attached hydrogens (tertiary/aromatic N) is 1. The van der Waals surface area contributed by atoms with Gasteiger partial charge in [-0.15, -0.1) is 0 Å². The molecule has 0 atom stereocenters. The van der Waals surface area contributed by atoms with Crippen molar-refractivity contribution in [2.24, 2.45) is 11.7 Å². The molecule has 0 aliphatic heterocycles. The van der Waals surface area contributed by atoms with E-state index in [1.54, 1.807) is 24.4 Å². The maximum atomic E-state index is 11.8. The monoisotopic (exact) mass is 384 g/mol. The van der Waals surface area contributed by atoms with Gasteiger partial charge >= 0.3 is 6.03 Å². The van der Waals surface area contributed by atoms with Gasteiger partial charge in [-0.2, -0.15) is 0 Å². The van der Waals surface area contributed by atoms with Crippen LogP contribution in [0.1, 0.15) is 36.0 Å². The van der Waals surface area contributed by atoms with Crippen LogP contribution in [0.25, 0.3) is 10.9 Å². The number of ether oxygens (including phenoxy) is 2. The van der Waals surface area contributed by atoms with Crippen LogP contribution >= 0.6 is 0 Å². The minimum absolute atomic E-state index is 0.0695. The predicted octanol–water partition coefficient (Wildman–Crippen LogP) is 1.96. The van der Waals surface area contributed by atoms with Crippen LogP contribution in [0.15, 0.2) is 24.4 Å². The highest BCUT2D eigenvalue weighted by molar-refractivity contribution is 6.01. The van der Waals surface area contributed by atoms with Gasteiger partial charge in [-0.1, -0.05) is 0 Å². The maximum absolute atomic E-state index is 11.8. The first-order chi connectivity index (χ1) is 13.5. The van der Waals surface area contributed by atoms with E-state index in [0.29, 0.717) is 41.1 Å². The number of methoxy groups -OCH3 is 1. The molecule has 1 aromatic carbocycles. The molecule has 1 aromatic heterocycles. The summed E-state index contributed by atoms with van der Waals surface area (Å²) in [7, 11) is 1.49. The van der Waals surface area contributed by atoms with Crippen LogP contribution in [0.2, 0.25) is 0 Å². The lowest BCUT2D eigenvalue weighted by molar-refractivity contribution is 0.0997. The van der Waals surface area contributed by atoms with Gasteiger partial charge in [-0.05, 0) is 43.7 Å². The molecule has 0 unspecified atom stereocenters. The van der Waals surface area contributed by atoms with E-state index < -0.39 is 5.91 Å². The van der Waals surface area contributed by atoms with Crippen molar-refractivity contribution >= 4 is 22.8 Å². The van der Waals surface area contributed by atoms with Crippen molar-refractivity contribution in [3.63, 3.8) is 0 Å². The first-order valence-corrected chi connectivity index (χ1v) is 9.50. The van der Waals surface area contributed by atoms with Gasteiger partial charge in [0.15, 0.2) is 0 Å². The molecule has 28 heavy (non-hydrogen) atoms. The fourth-order valence-corrected chi connectivity index (χ4v) is 3.47. The molecule has 2 fully saturated rings. The molecule has 4 N–H and O–H groups in total. The Morgan fingerprint density at radius 3 is 2.61 bits per heavy atom. The van der Waals surface area contributed by atoms with Gasteiger partial charge in [-0.3, -0.25) is 9.78 Å². The van der Waals surface area contributed by atoms with E-state index in [-0.39, 0.29) is 12.1 Å². The molecule has 2 aliphatic rings. The Labute approximate surface area is 162 Å². The SMILES string of the molecule is COc1cc2nccc(OCC3CC(NC(=O)NC4CC4)C3)c2cc1C(N)=O. The number of nitrogens with two attached hydrogens (primary N) is 1. The van der Waals surface area contributed by atoms with Crippen molar-refractivity contribution in [2.45, 2.75) is 37.8 Å². The average molecular weight is 384 g/mol. The van der Waals surface area contributed by atoms with Crippen LogP contribution in [-0.2, 0) is 0 Å². The average Bonchev–Trinajstić information content (AvgIpc) is 3.45. The van der Waals surface area contributed by atoms with Gasteiger partial charge < -0.3 is 25.8 Å². The zero-order chi connectivity index (χ0) is 19.7. The number of amides is 3. The Morgan fingerprint density at radius 1 is 1.18 bits per heavy atom. The number of primary amides is 1. The Balaban J connectivity index is 1.36. The molecule has 0 radical (unpaired) electrons. The minimum Gasteiger partial charge on any atom is -0.496 e. The second-order valence-corrected chi connectivity index (χ2v) is 7.48. The number of aromatic nitrogens is 1. The van der Waals surface area contributed by atoms with Crippen molar-refractivity contribution in [3.05, 3.63) is 30.0 Å². The number of pyridine rings is 1. The van der Waals surface area contributed by atoms with Gasteiger partial charge in [0, 0.05) is 29.7 Å². The van der Waals surface area contributed by atoms with Crippen molar-refractivity contribution < 1.29 is 19.1 Å². The second-order valence-electron chi connectivity index (χ2n) is 7.48. The van der Waals surface area contributed by atoms with E-state index in [4.69, 9.17) is 15.2 Å². The molecule has 0 spiro atoms. The summed E-state index contributed by atoms with van der Waals surface area (Å²) in [6.07, 6.45) is 5.60. The summed E-state index contributed by atoms with van der Waals surface area (Å²) in [5.41, 5.74) is 6.42. The third-order valence-electron chi connectivity index (χ3n) is 5.25. The topological polar surface area (TPSA) is 116 Å². The quantitative estimate of drug-likeness (QED) is 0.675. The predicted molar refractivity (Wildman–Crippen MR) is 104 cm³/mol. The number of nitrogens with one attached hydrogen (secondary N) is 2. The number of hydrogen-bond donors (Lipinski definition) is 3. The molecule has 1 heterocycles. The summed E-state index contributed by atoms with van der Waals surface area (Å²) >= 11 is 0. The van der Waals surface area contributed by atoms with Crippen LogP contribution < -0.4 is 25.8 Å². The third kappa shape index (κ3) is 3.95. The minimum atomic E-state index is -0.564. The lowest BCUT2D eigenvalue weighted by Crippen LogP contribution is -2.49. The van der Waals surface area contributed by atoms with Crippen LogP contribution in [0.3, 0.4) is 0 Å². The summed E-state index contributed by atoms with van der Waals surface area (Å²) < 4.78 is 11.2. The fraction of sp³-hybridized carbons (Fsp3) is 0.450. The molecular formula is C20H24N4O4. The molecule has 0 bridgehead atoms. The van der Waals surface area contributed by atoms with Gasteiger partial charge in [-0.25, -0.2) is 4.79 Å². The molecule has 8 heteroatoms. The second kappa shape index (κ2) is 7.53. The zero-order valence-electron chi connectivity index (χ0n) is 15.7. The van der Waals surface area contributed by atoms with E-state index in [1.165, 1.54) is 7.11 Å². The lowest BCUT2D eigenvalue weighted by atomic mass is 9.81. The van der Waals surface area contributed by atoms with Gasteiger partial charge in [0.25, 0.3) is 5.91 Å². The Bertz CT molecular complexity index is 906. The van der Waals surface area contributed by atoms with E-state index in [0.717, 1.165) is 31.1 Å². The largest absolute Gasteiger partial charge is 0.496 e. The third-order valence-corrected chi connectivity index (χ3v) is 5.25. The smallest absolute Gasteiger partial charge is 0.315 e. The first-order valence-electron chi connectivity index (χ1n) is 9.50. The van der Waals surface area contributed by atoms with E-state index >= 15 is 0 Å². The lowest BCUT2D eigenvalue weighted by Gasteiger charge is -2.35. The van der Waals surface area contributed by atoms with E-state index in [9.17, 15) is 9.59 Å². The highest BCUT2D eigenvalue weighted by atomic mass is 16.5. The zero-order valence-corrected chi connectivity index (χ0v) is 15.7. The molecule has 2 aromatic rings. The molecule has 4 rings (SSSR count). The number of hydrogen-bond acceptors (Lipinski definition) is 5. The molecular weight excluding hydrogens is 360 g/mol. The van der Waals surface area contributed by atoms with Crippen LogP contribution in [-0.4, -0.2) is 42.7 Å². The standard InChI is InChI=1S/C20H24N4O4/c1-27-18-9-16-14(8-15(18)19(21)25)17(4-5-22-16)28-10-11-6-13(7-11)24-20(26)23-12-2-3-12/h4-5,8-9,11-13H,2-3,6-7,10H2,1H3,(H2,21,25)(H2,23,24,26). The molecule has 148 valence electrons. The Hall–Kier alpha value is -3.03. The van der Waals surface area contributed by atoms with Gasteiger partial charge in [0.05, 0.1) is 24.8 Å². The number of carbonyl (C=O) groups is 2. The Morgan fingerprint density at radius 2 is 1.93 bits per heavy atom. The number of urea groups is 1. The van der Waals surface area contributed by atoms with Crippen molar-refractivity contribution in [2.75, 3.05) is 13.7 Å². The van der Waals surface area contributed by atoms with E-state index in [2.05, 4.69) is 15.6 Å². The fourth-order valence-electron chi connectivity index (χ4n) is 3.47. The van der Waals surface area contributed by atoms with Gasteiger partial charge in [0.2, 0.25) is 0 Å². The molecule has 3 amide bonds. The Kier molecular flexibility index (Phi) is 4.93. The summed E-state index contributed by atoms with van der Waals surface area (Å²) in [6.45, 7) is 0.541. The summed E-state index contributed by atoms with van der Waals surface area (Å²) in [6, 6.07) is 5.61. The molecule has 8 nitrogen and oxygen atoms in total. The van der Waals surface area contributed by atoms with E-state index in [1.807, 2.05) is 0 Å². The number of benzene rings is 1. The number of fused-ring (bicyclic) bond motifs is 1. The molecule has 2 aliphatic carbocycles. The number of rotatable bonds is 7. The van der Waals surface area contributed by atoms with Crippen molar-refractivity contribution in [1.29, 1.82) is 0 Å². The maximum Gasteiger partial charge on any atom is 0.315 e. The molecule has 0 saturated heterocycles. The summed E-state index contributed by atoms with van der Waals surface area (Å²) in [5.74, 6) is 0.856. The van der Waals surface area contributed by atoms with Crippen molar-refractivity contribution in [3.8, 4) is 11.5 Å². The summed E-state index contributed by atoms with van der Waals surface area (Å²) in [5, 5.41) is 6.65. The first kappa shape index (κ1) is 18.3. The highest BCUT2D eigenvalue weighted by Crippen LogP contribution is 2.33. The van der Waals surface area contributed by atoms with Crippen LogP contribution in [0, 0.1) is 5.92 Å². The van der Waals surface area contributed by atoms with Crippen molar-refractivity contribution in [1.82, 2.24) is 15.6 Å². The normalized spacial score (nSPS) is 20.9. The van der Waals surface area contributed by atoms with Crippen LogP contribution in [0.4, 0.5) is 4.79 Å². The van der Waals surface area contributed by atoms with Gasteiger partial charge in [0.1, 0.15) is 11.5 Å². The molecule has 2 saturated carbocycles. The summed E-state index contributed by atoms with van der Waals surface area (Å²) in [4.78, 5) is 27.8. The number of carbonyl (C=O) groups excluding carboxylic acids is 2.